The van der Waals surface area contributed by atoms with Crippen LogP contribution in [0.5, 0.6) is 11.5 Å². The van der Waals surface area contributed by atoms with E-state index in [1.807, 2.05) is 50.2 Å². The van der Waals surface area contributed by atoms with Crippen LogP contribution in [0.3, 0.4) is 0 Å². The second-order valence-electron chi connectivity index (χ2n) is 6.02. The molecule has 1 aromatic heterocycles. The molecule has 6 nitrogen and oxygen atoms in total. The lowest BCUT2D eigenvalue weighted by Crippen LogP contribution is -2.15. The van der Waals surface area contributed by atoms with Gasteiger partial charge in [0.2, 0.25) is 5.16 Å². The van der Waals surface area contributed by atoms with Crippen molar-refractivity contribution in [1.82, 2.24) is 14.9 Å². The Labute approximate surface area is 157 Å². The number of ether oxygens (including phenoxy) is 2. The second kappa shape index (κ2) is 8.14. The van der Waals surface area contributed by atoms with Crippen LogP contribution in [-0.2, 0) is 12.4 Å². The van der Waals surface area contributed by atoms with Crippen molar-refractivity contribution in [2.24, 2.45) is 0 Å². The quantitative estimate of drug-likeness (QED) is 0.507. The van der Waals surface area contributed by atoms with Crippen molar-refractivity contribution in [1.29, 1.82) is 0 Å². The third kappa shape index (κ3) is 4.49. The van der Waals surface area contributed by atoms with Gasteiger partial charge in [0.1, 0.15) is 18.1 Å². The SMILES string of the molecule is COc1cccc(CSc2nnc(COc3cc(C)cc(C)c3)n2N)c1. The number of nitrogens with two attached hydrogens (primary N) is 1. The lowest BCUT2D eigenvalue weighted by Gasteiger charge is -2.08. The van der Waals surface area contributed by atoms with Crippen LogP contribution in [0, 0.1) is 13.8 Å². The molecule has 0 aliphatic carbocycles. The number of benzene rings is 2. The first-order chi connectivity index (χ1) is 12.5. The van der Waals surface area contributed by atoms with Crippen LogP contribution in [0.15, 0.2) is 47.6 Å². The Bertz CT molecular complexity index is 875. The number of hydrogen-bond donors (Lipinski definition) is 1. The molecule has 0 bridgehead atoms. The summed E-state index contributed by atoms with van der Waals surface area (Å²) in [6.07, 6.45) is 0. The first kappa shape index (κ1) is 18.1. The fourth-order valence-corrected chi connectivity index (χ4v) is 3.40. The summed E-state index contributed by atoms with van der Waals surface area (Å²) in [6.45, 7) is 4.35. The molecule has 3 rings (SSSR count). The summed E-state index contributed by atoms with van der Waals surface area (Å²) in [5, 5.41) is 8.94. The molecule has 0 fully saturated rings. The Balaban J connectivity index is 1.62. The maximum atomic E-state index is 6.11. The Kier molecular flexibility index (Phi) is 5.68. The Morgan fingerprint density at radius 1 is 1.04 bits per heavy atom. The molecule has 136 valence electrons. The van der Waals surface area contributed by atoms with Gasteiger partial charge in [0.15, 0.2) is 5.82 Å². The number of aromatic nitrogens is 3. The van der Waals surface area contributed by atoms with Crippen LogP contribution in [-0.4, -0.2) is 22.0 Å². The van der Waals surface area contributed by atoms with Gasteiger partial charge < -0.3 is 15.3 Å². The van der Waals surface area contributed by atoms with Crippen molar-refractivity contribution in [3.8, 4) is 11.5 Å². The molecule has 2 N–H and O–H groups in total. The summed E-state index contributed by atoms with van der Waals surface area (Å²) in [6, 6.07) is 14.0. The molecule has 0 saturated heterocycles. The van der Waals surface area contributed by atoms with Crippen molar-refractivity contribution < 1.29 is 9.47 Å². The van der Waals surface area contributed by atoms with E-state index in [9.17, 15) is 0 Å². The molecule has 0 saturated carbocycles. The van der Waals surface area contributed by atoms with Gasteiger partial charge in [-0.3, -0.25) is 0 Å². The lowest BCUT2D eigenvalue weighted by atomic mass is 10.1. The fourth-order valence-electron chi connectivity index (χ4n) is 2.58. The van der Waals surface area contributed by atoms with Crippen molar-refractivity contribution >= 4 is 11.8 Å². The van der Waals surface area contributed by atoms with Gasteiger partial charge in [-0.1, -0.05) is 30.0 Å². The highest BCUT2D eigenvalue weighted by Crippen LogP contribution is 2.23. The molecule has 0 aliphatic heterocycles. The number of nitrogen functional groups attached to an aromatic ring is 1. The van der Waals surface area contributed by atoms with Crippen LogP contribution < -0.4 is 15.3 Å². The zero-order chi connectivity index (χ0) is 18.5. The third-order valence-electron chi connectivity index (χ3n) is 3.80. The standard InChI is InChI=1S/C19H22N4O2S/c1-13-7-14(2)9-17(8-13)25-11-18-21-22-19(23(18)20)26-12-15-5-4-6-16(10-15)24-3/h4-10H,11-12,20H2,1-3H3. The molecular weight excluding hydrogens is 348 g/mol. The number of methoxy groups -OCH3 is 1. The average Bonchev–Trinajstić information content (AvgIpc) is 2.97. The zero-order valence-electron chi connectivity index (χ0n) is 15.1. The maximum absolute atomic E-state index is 6.11. The molecule has 0 unspecified atom stereocenters. The Morgan fingerprint density at radius 3 is 2.54 bits per heavy atom. The minimum absolute atomic E-state index is 0.270. The van der Waals surface area contributed by atoms with Crippen LogP contribution in [0.4, 0.5) is 0 Å². The van der Waals surface area contributed by atoms with E-state index in [4.69, 9.17) is 15.3 Å². The van der Waals surface area contributed by atoms with Gasteiger partial charge in [-0.25, -0.2) is 4.68 Å². The number of aryl methyl sites for hydroxylation is 2. The molecule has 0 atom stereocenters. The van der Waals surface area contributed by atoms with Crippen LogP contribution in [0.1, 0.15) is 22.5 Å². The lowest BCUT2D eigenvalue weighted by molar-refractivity contribution is 0.291. The van der Waals surface area contributed by atoms with E-state index in [2.05, 4.69) is 16.3 Å². The molecule has 26 heavy (non-hydrogen) atoms. The van der Waals surface area contributed by atoms with E-state index in [1.165, 1.54) is 16.4 Å². The summed E-state index contributed by atoms with van der Waals surface area (Å²) in [5.41, 5.74) is 3.44. The number of rotatable bonds is 7. The fraction of sp³-hybridized carbons (Fsp3) is 0.263. The summed E-state index contributed by atoms with van der Waals surface area (Å²) in [7, 11) is 1.66. The number of hydrogen-bond acceptors (Lipinski definition) is 6. The van der Waals surface area contributed by atoms with Gasteiger partial charge in [0, 0.05) is 5.75 Å². The van der Waals surface area contributed by atoms with E-state index in [-0.39, 0.29) is 6.61 Å². The molecule has 3 aromatic rings. The highest BCUT2D eigenvalue weighted by molar-refractivity contribution is 7.98. The van der Waals surface area contributed by atoms with Crippen molar-refractivity contribution in [3.05, 3.63) is 65.0 Å². The predicted octanol–water partition coefficient (Wildman–Crippen LogP) is 3.49. The highest BCUT2D eigenvalue weighted by atomic mass is 32.2. The molecule has 0 aliphatic rings. The van der Waals surface area contributed by atoms with Gasteiger partial charge in [-0.05, 0) is 54.8 Å². The first-order valence-corrected chi connectivity index (χ1v) is 9.20. The van der Waals surface area contributed by atoms with Gasteiger partial charge in [0.25, 0.3) is 0 Å². The van der Waals surface area contributed by atoms with E-state index in [0.717, 1.165) is 33.9 Å². The second-order valence-corrected chi connectivity index (χ2v) is 6.96. The van der Waals surface area contributed by atoms with E-state index < -0.39 is 0 Å². The molecule has 0 amide bonds. The van der Waals surface area contributed by atoms with Crippen molar-refractivity contribution in [2.75, 3.05) is 13.0 Å². The summed E-state index contributed by atoms with van der Waals surface area (Å²) in [4.78, 5) is 0. The van der Waals surface area contributed by atoms with Crippen molar-refractivity contribution in [2.45, 2.75) is 31.4 Å². The summed E-state index contributed by atoms with van der Waals surface area (Å²) < 4.78 is 12.5. The molecule has 0 radical (unpaired) electrons. The number of thioether (sulfide) groups is 1. The molecule has 7 heteroatoms. The largest absolute Gasteiger partial charge is 0.497 e. The van der Waals surface area contributed by atoms with Crippen molar-refractivity contribution in [3.63, 3.8) is 0 Å². The summed E-state index contributed by atoms with van der Waals surface area (Å²) in [5.74, 6) is 9.06. The highest BCUT2D eigenvalue weighted by Gasteiger charge is 2.11. The maximum Gasteiger partial charge on any atom is 0.210 e. The normalized spacial score (nSPS) is 10.7. The van der Waals surface area contributed by atoms with Gasteiger partial charge in [-0.2, -0.15) is 0 Å². The monoisotopic (exact) mass is 370 g/mol. The first-order valence-electron chi connectivity index (χ1n) is 8.21. The molecule has 1 heterocycles. The van der Waals surface area contributed by atoms with Gasteiger partial charge in [0.05, 0.1) is 7.11 Å². The molecule has 0 spiro atoms. The minimum Gasteiger partial charge on any atom is -0.497 e. The van der Waals surface area contributed by atoms with Crippen LogP contribution >= 0.6 is 11.8 Å². The Hall–Kier alpha value is -2.67. The Morgan fingerprint density at radius 2 is 1.81 bits per heavy atom. The van der Waals surface area contributed by atoms with Gasteiger partial charge in [-0.15, -0.1) is 10.2 Å². The topological polar surface area (TPSA) is 75.2 Å². The van der Waals surface area contributed by atoms with Gasteiger partial charge >= 0.3 is 0 Å². The van der Waals surface area contributed by atoms with Crippen LogP contribution in [0.25, 0.3) is 0 Å². The average molecular weight is 370 g/mol. The third-order valence-corrected chi connectivity index (χ3v) is 4.81. The molecular formula is C19H22N4O2S. The zero-order valence-corrected chi connectivity index (χ0v) is 15.9. The number of nitrogens with zero attached hydrogens (tertiary/aromatic N) is 3. The van der Waals surface area contributed by atoms with E-state index >= 15 is 0 Å². The molecule has 2 aromatic carbocycles. The smallest absolute Gasteiger partial charge is 0.210 e. The van der Waals surface area contributed by atoms with Crippen LogP contribution in [0.2, 0.25) is 0 Å². The minimum atomic E-state index is 0.270. The predicted molar refractivity (Wildman–Crippen MR) is 103 cm³/mol. The van der Waals surface area contributed by atoms with E-state index in [0.29, 0.717) is 11.0 Å². The van der Waals surface area contributed by atoms with E-state index in [1.54, 1.807) is 7.11 Å². The summed E-state index contributed by atoms with van der Waals surface area (Å²) >= 11 is 1.52.